The van der Waals surface area contributed by atoms with Gasteiger partial charge in [0, 0.05) is 13.7 Å². The first kappa shape index (κ1) is 12.5. The Bertz CT molecular complexity index is 290. The van der Waals surface area contributed by atoms with E-state index in [0.29, 0.717) is 13.0 Å². The normalized spacial score (nSPS) is 29.9. The van der Waals surface area contributed by atoms with Crippen LogP contribution < -0.4 is 0 Å². The Morgan fingerprint density at radius 3 is 2.41 bits per heavy atom. The lowest BCUT2D eigenvalue weighted by atomic mass is 10.00. The van der Waals surface area contributed by atoms with Crippen LogP contribution in [0.4, 0.5) is 0 Å². The SMILES string of the molecule is COCC(CCO)N1C(=O)C2CCCC2C1=O. The zero-order chi connectivity index (χ0) is 12.4. The Kier molecular flexibility index (Phi) is 3.79. The smallest absolute Gasteiger partial charge is 0.233 e. The van der Waals surface area contributed by atoms with E-state index in [-0.39, 0.29) is 36.3 Å². The Balaban J connectivity index is 2.14. The Hall–Kier alpha value is -0.940. The van der Waals surface area contributed by atoms with Gasteiger partial charge in [-0.1, -0.05) is 6.42 Å². The van der Waals surface area contributed by atoms with Gasteiger partial charge in [0.25, 0.3) is 0 Å². The van der Waals surface area contributed by atoms with Gasteiger partial charge in [-0.15, -0.1) is 0 Å². The second-order valence-corrected chi connectivity index (χ2v) is 4.81. The summed E-state index contributed by atoms with van der Waals surface area (Å²) >= 11 is 0. The van der Waals surface area contributed by atoms with Crippen molar-refractivity contribution in [2.75, 3.05) is 20.3 Å². The molecule has 1 aliphatic carbocycles. The van der Waals surface area contributed by atoms with E-state index in [1.807, 2.05) is 0 Å². The molecule has 1 N–H and O–H groups in total. The summed E-state index contributed by atoms with van der Waals surface area (Å²) in [7, 11) is 1.54. The molecule has 5 heteroatoms. The number of fused-ring (bicyclic) bond motifs is 1. The molecule has 0 radical (unpaired) electrons. The van der Waals surface area contributed by atoms with E-state index in [2.05, 4.69) is 0 Å². The van der Waals surface area contributed by atoms with Gasteiger partial charge >= 0.3 is 0 Å². The van der Waals surface area contributed by atoms with E-state index in [1.165, 1.54) is 12.0 Å². The second-order valence-electron chi connectivity index (χ2n) is 4.81. The largest absolute Gasteiger partial charge is 0.396 e. The number of aliphatic hydroxyl groups excluding tert-OH is 1. The zero-order valence-electron chi connectivity index (χ0n) is 10.1. The van der Waals surface area contributed by atoms with E-state index in [1.54, 1.807) is 0 Å². The fourth-order valence-corrected chi connectivity index (χ4v) is 3.01. The van der Waals surface area contributed by atoms with Crippen LogP contribution in [0.25, 0.3) is 0 Å². The number of aliphatic hydroxyl groups is 1. The molecule has 2 amide bonds. The van der Waals surface area contributed by atoms with Crippen LogP contribution >= 0.6 is 0 Å². The third-order valence-electron chi connectivity index (χ3n) is 3.81. The van der Waals surface area contributed by atoms with Gasteiger partial charge in [-0.25, -0.2) is 0 Å². The van der Waals surface area contributed by atoms with Crippen LogP contribution in [0.1, 0.15) is 25.7 Å². The first-order chi connectivity index (χ1) is 8.20. The highest BCUT2D eigenvalue weighted by Gasteiger charge is 2.51. The number of hydrogen-bond donors (Lipinski definition) is 1. The Labute approximate surface area is 101 Å². The molecule has 1 saturated carbocycles. The van der Waals surface area contributed by atoms with Crippen LogP contribution in [0.2, 0.25) is 0 Å². The molecule has 1 saturated heterocycles. The number of nitrogens with zero attached hydrogens (tertiary/aromatic N) is 1. The van der Waals surface area contributed by atoms with Crippen molar-refractivity contribution in [2.24, 2.45) is 11.8 Å². The summed E-state index contributed by atoms with van der Waals surface area (Å²) < 4.78 is 5.03. The minimum Gasteiger partial charge on any atom is -0.396 e. The quantitative estimate of drug-likeness (QED) is 0.697. The predicted octanol–water partition coefficient (Wildman–Crippen LogP) is 0.169. The van der Waals surface area contributed by atoms with Crippen LogP contribution in [0.3, 0.4) is 0 Å². The fourth-order valence-electron chi connectivity index (χ4n) is 3.01. The first-order valence-corrected chi connectivity index (χ1v) is 6.17. The van der Waals surface area contributed by atoms with Gasteiger partial charge in [0.2, 0.25) is 11.8 Å². The van der Waals surface area contributed by atoms with Crippen molar-refractivity contribution < 1.29 is 19.4 Å². The lowest BCUT2D eigenvalue weighted by Crippen LogP contribution is -2.44. The van der Waals surface area contributed by atoms with Crippen molar-refractivity contribution in [1.29, 1.82) is 0 Å². The van der Waals surface area contributed by atoms with Gasteiger partial charge in [0.1, 0.15) is 0 Å². The summed E-state index contributed by atoms with van der Waals surface area (Å²) in [6, 6.07) is -0.310. The molecular formula is C12H19NO4. The highest BCUT2D eigenvalue weighted by atomic mass is 16.5. The summed E-state index contributed by atoms with van der Waals surface area (Å²) in [5.74, 6) is -0.345. The number of likely N-dealkylation sites (tertiary alicyclic amines) is 1. The van der Waals surface area contributed by atoms with Gasteiger partial charge in [0.15, 0.2) is 0 Å². The van der Waals surface area contributed by atoms with E-state index < -0.39 is 0 Å². The molecule has 0 spiro atoms. The highest BCUT2D eigenvalue weighted by molar-refractivity contribution is 6.05. The van der Waals surface area contributed by atoms with Gasteiger partial charge < -0.3 is 9.84 Å². The average Bonchev–Trinajstić information content (AvgIpc) is 2.85. The molecule has 3 atom stereocenters. The molecule has 1 heterocycles. The molecule has 0 aromatic rings. The topological polar surface area (TPSA) is 66.8 Å². The van der Waals surface area contributed by atoms with Gasteiger partial charge in [0.05, 0.1) is 24.5 Å². The van der Waals surface area contributed by atoms with Crippen LogP contribution in [-0.2, 0) is 14.3 Å². The van der Waals surface area contributed by atoms with Gasteiger partial charge in [-0.05, 0) is 19.3 Å². The van der Waals surface area contributed by atoms with Crippen LogP contribution in [0, 0.1) is 11.8 Å². The summed E-state index contributed by atoms with van der Waals surface area (Å²) in [4.78, 5) is 25.7. The lowest BCUT2D eigenvalue weighted by molar-refractivity contribution is -0.144. The van der Waals surface area contributed by atoms with Crippen molar-refractivity contribution in [3.8, 4) is 0 Å². The number of ether oxygens (including phenoxy) is 1. The highest BCUT2D eigenvalue weighted by Crippen LogP contribution is 2.40. The molecular weight excluding hydrogens is 222 g/mol. The maximum Gasteiger partial charge on any atom is 0.233 e. The van der Waals surface area contributed by atoms with Crippen molar-refractivity contribution in [1.82, 2.24) is 4.90 Å². The van der Waals surface area contributed by atoms with Crippen LogP contribution in [0.5, 0.6) is 0 Å². The van der Waals surface area contributed by atoms with Crippen molar-refractivity contribution in [3.63, 3.8) is 0 Å². The maximum absolute atomic E-state index is 12.2. The molecule has 5 nitrogen and oxygen atoms in total. The molecule has 2 rings (SSSR count). The summed E-state index contributed by atoms with van der Waals surface area (Å²) in [6.45, 7) is 0.262. The molecule has 2 aliphatic rings. The summed E-state index contributed by atoms with van der Waals surface area (Å²) in [6.07, 6.45) is 3.01. The molecule has 96 valence electrons. The summed E-state index contributed by atoms with van der Waals surface area (Å²) in [5.41, 5.74) is 0. The third-order valence-corrected chi connectivity index (χ3v) is 3.81. The zero-order valence-corrected chi connectivity index (χ0v) is 10.1. The van der Waals surface area contributed by atoms with Gasteiger partial charge in [-0.2, -0.15) is 0 Å². The Morgan fingerprint density at radius 2 is 1.94 bits per heavy atom. The average molecular weight is 241 g/mol. The molecule has 2 fully saturated rings. The molecule has 0 aromatic heterocycles. The molecule has 3 unspecified atom stereocenters. The number of carbonyl (C=O) groups excluding carboxylic acids is 2. The maximum atomic E-state index is 12.2. The Morgan fingerprint density at radius 1 is 1.35 bits per heavy atom. The fraction of sp³-hybridized carbons (Fsp3) is 0.833. The number of imide groups is 1. The van der Waals surface area contributed by atoms with E-state index in [4.69, 9.17) is 9.84 Å². The molecule has 1 aliphatic heterocycles. The number of methoxy groups -OCH3 is 1. The van der Waals surface area contributed by atoms with Crippen molar-refractivity contribution in [2.45, 2.75) is 31.7 Å². The minimum atomic E-state index is -0.310. The molecule has 0 aromatic carbocycles. The second kappa shape index (κ2) is 5.14. The van der Waals surface area contributed by atoms with Crippen LogP contribution in [-0.4, -0.2) is 48.2 Å². The molecule has 17 heavy (non-hydrogen) atoms. The molecule has 0 bridgehead atoms. The minimum absolute atomic E-state index is 0.0413. The number of rotatable bonds is 5. The predicted molar refractivity (Wildman–Crippen MR) is 60.1 cm³/mol. The van der Waals surface area contributed by atoms with Crippen molar-refractivity contribution >= 4 is 11.8 Å². The first-order valence-electron chi connectivity index (χ1n) is 6.17. The number of hydrogen-bond acceptors (Lipinski definition) is 4. The van der Waals surface area contributed by atoms with Crippen LogP contribution in [0.15, 0.2) is 0 Å². The number of amides is 2. The number of carbonyl (C=O) groups is 2. The standard InChI is InChI=1S/C12H19NO4/c1-17-7-8(5-6-14)13-11(15)9-3-2-4-10(9)12(13)16/h8-10,14H,2-7H2,1H3. The van der Waals surface area contributed by atoms with Gasteiger partial charge in [-0.3, -0.25) is 14.5 Å². The summed E-state index contributed by atoms with van der Waals surface area (Å²) in [5, 5.41) is 8.99. The third kappa shape index (κ3) is 2.09. The van der Waals surface area contributed by atoms with E-state index in [0.717, 1.165) is 19.3 Å². The van der Waals surface area contributed by atoms with E-state index in [9.17, 15) is 9.59 Å². The van der Waals surface area contributed by atoms with Crippen molar-refractivity contribution in [3.05, 3.63) is 0 Å². The monoisotopic (exact) mass is 241 g/mol. The lowest BCUT2D eigenvalue weighted by Gasteiger charge is -2.26. The van der Waals surface area contributed by atoms with E-state index >= 15 is 0 Å².